The molecule has 1 N–H and O–H groups in total. The van der Waals surface area contributed by atoms with Crippen molar-refractivity contribution in [3.05, 3.63) is 71.3 Å². The van der Waals surface area contributed by atoms with Gasteiger partial charge in [-0.05, 0) is 42.3 Å². The molecular formula is C23H18F4N4O2. The summed E-state index contributed by atoms with van der Waals surface area (Å²) in [5.74, 6) is -1.28. The number of carbonyl (C=O) groups excluding carboxylic acids is 1. The molecule has 0 aliphatic carbocycles. The number of ether oxygens (including phenoxy) is 1. The van der Waals surface area contributed by atoms with Gasteiger partial charge in [-0.3, -0.25) is 14.8 Å². The molecule has 10 heteroatoms. The van der Waals surface area contributed by atoms with Gasteiger partial charge in [-0.25, -0.2) is 4.39 Å². The molecule has 0 bridgehead atoms. The third kappa shape index (κ3) is 4.20. The molecule has 2 aromatic heterocycles. The van der Waals surface area contributed by atoms with Crippen molar-refractivity contribution in [2.75, 3.05) is 24.5 Å². The molecule has 1 saturated heterocycles. The molecule has 170 valence electrons. The van der Waals surface area contributed by atoms with Gasteiger partial charge in [0.2, 0.25) is 0 Å². The van der Waals surface area contributed by atoms with Gasteiger partial charge in [-0.2, -0.15) is 13.2 Å². The Labute approximate surface area is 186 Å². The van der Waals surface area contributed by atoms with E-state index in [2.05, 4.69) is 15.3 Å². The van der Waals surface area contributed by atoms with Gasteiger partial charge in [0.05, 0.1) is 30.0 Å². The second-order valence-corrected chi connectivity index (χ2v) is 7.91. The second-order valence-electron chi connectivity index (χ2n) is 7.91. The minimum Gasteiger partial charge on any atom is -0.487 e. The summed E-state index contributed by atoms with van der Waals surface area (Å²) in [5, 5.41) is 2.81. The summed E-state index contributed by atoms with van der Waals surface area (Å²) >= 11 is 0. The van der Waals surface area contributed by atoms with E-state index in [9.17, 15) is 22.4 Å². The maximum Gasteiger partial charge on any atom is 0.416 e. The molecule has 0 atom stereocenters. The van der Waals surface area contributed by atoms with E-state index in [0.29, 0.717) is 49.1 Å². The van der Waals surface area contributed by atoms with Crippen molar-refractivity contribution in [3.8, 4) is 17.1 Å². The van der Waals surface area contributed by atoms with E-state index >= 15 is 0 Å². The van der Waals surface area contributed by atoms with E-state index in [0.717, 1.165) is 23.4 Å². The highest BCUT2D eigenvalue weighted by molar-refractivity contribution is 5.98. The van der Waals surface area contributed by atoms with Gasteiger partial charge in [0.15, 0.2) is 0 Å². The molecule has 0 spiro atoms. The van der Waals surface area contributed by atoms with Crippen LogP contribution in [0.25, 0.3) is 11.4 Å². The van der Waals surface area contributed by atoms with Crippen LogP contribution in [0.2, 0.25) is 0 Å². The fourth-order valence-electron chi connectivity index (χ4n) is 4.03. The average molecular weight is 458 g/mol. The zero-order valence-electron chi connectivity index (χ0n) is 17.2. The molecule has 2 aliphatic rings. The van der Waals surface area contributed by atoms with Gasteiger partial charge in [-0.1, -0.05) is 0 Å². The molecule has 1 amide bonds. The Hall–Kier alpha value is -3.69. The standard InChI is InChI=1S/C23H18F4N4O2/c24-14-7-13(23(25,26)27)8-16(9-14)33-17-11-31(12-17)15-1-4-28-20(10-15)21-18-2-6-30-22(32)19(18)3-5-29-21/h1,3-5,7-10,17H,2,6,11-12H2,(H,30,32). The van der Waals surface area contributed by atoms with Crippen molar-refractivity contribution in [2.45, 2.75) is 18.7 Å². The fourth-order valence-corrected chi connectivity index (χ4v) is 4.03. The van der Waals surface area contributed by atoms with Gasteiger partial charge >= 0.3 is 6.18 Å². The Morgan fingerprint density at radius 1 is 1.06 bits per heavy atom. The van der Waals surface area contributed by atoms with Crippen LogP contribution in [-0.4, -0.2) is 41.6 Å². The number of amides is 1. The first-order valence-corrected chi connectivity index (χ1v) is 10.3. The van der Waals surface area contributed by atoms with Crippen LogP contribution in [0.15, 0.2) is 48.8 Å². The molecule has 0 unspecified atom stereocenters. The lowest BCUT2D eigenvalue weighted by Crippen LogP contribution is -2.54. The first kappa shape index (κ1) is 21.2. The Balaban J connectivity index is 1.31. The van der Waals surface area contributed by atoms with Gasteiger partial charge < -0.3 is 15.0 Å². The molecule has 2 aliphatic heterocycles. The lowest BCUT2D eigenvalue weighted by molar-refractivity contribution is -0.137. The molecule has 6 nitrogen and oxygen atoms in total. The summed E-state index contributed by atoms with van der Waals surface area (Å²) in [6.45, 7) is 1.37. The number of carbonyl (C=O) groups is 1. The van der Waals surface area contributed by atoms with Crippen LogP contribution in [0.5, 0.6) is 5.75 Å². The van der Waals surface area contributed by atoms with Gasteiger partial charge in [-0.15, -0.1) is 0 Å². The van der Waals surface area contributed by atoms with E-state index in [1.54, 1.807) is 18.5 Å². The summed E-state index contributed by atoms with van der Waals surface area (Å²) in [6.07, 6.45) is -1.15. The number of hydrogen-bond acceptors (Lipinski definition) is 5. The van der Waals surface area contributed by atoms with E-state index in [1.807, 2.05) is 17.0 Å². The van der Waals surface area contributed by atoms with Crippen LogP contribution >= 0.6 is 0 Å². The molecule has 1 fully saturated rings. The highest BCUT2D eigenvalue weighted by Crippen LogP contribution is 2.34. The summed E-state index contributed by atoms with van der Waals surface area (Å²) in [6, 6.07) is 7.55. The van der Waals surface area contributed by atoms with Crippen LogP contribution in [0.4, 0.5) is 23.2 Å². The van der Waals surface area contributed by atoms with Gasteiger partial charge in [0, 0.05) is 36.3 Å². The van der Waals surface area contributed by atoms with E-state index in [1.165, 1.54) is 0 Å². The summed E-state index contributed by atoms with van der Waals surface area (Å²) in [7, 11) is 0. The molecule has 33 heavy (non-hydrogen) atoms. The predicted octanol–water partition coefficient (Wildman–Crippen LogP) is 3.86. The van der Waals surface area contributed by atoms with Gasteiger partial charge in [0.1, 0.15) is 17.7 Å². The number of aromatic nitrogens is 2. The number of pyridine rings is 2. The quantitative estimate of drug-likeness (QED) is 0.602. The molecular weight excluding hydrogens is 440 g/mol. The minimum atomic E-state index is -4.65. The minimum absolute atomic E-state index is 0.134. The maximum absolute atomic E-state index is 13.6. The molecule has 1 aromatic carbocycles. The van der Waals surface area contributed by atoms with Gasteiger partial charge in [0.25, 0.3) is 5.91 Å². The van der Waals surface area contributed by atoms with Crippen LogP contribution in [0.1, 0.15) is 21.5 Å². The Kier molecular flexibility index (Phi) is 5.15. The Bertz CT molecular complexity index is 1230. The van der Waals surface area contributed by atoms with Crippen molar-refractivity contribution in [3.63, 3.8) is 0 Å². The zero-order chi connectivity index (χ0) is 23.2. The zero-order valence-corrected chi connectivity index (χ0v) is 17.2. The van der Waals surface area contributed by atoms with Crippen LogP contribution in [0, 0.1) is 5.82 Å². The molecule has 0 saturated carbocycles. The topological polar surface area (TPSA) is 67.4 Å². The average Bonchev–Trinajstić information content (AvgIpc) is 2.75. The highest BCUT2D eigenvalue weighted by Gasteiger charge is 2.33. The van der Waals surface area contributed by atoms with Crippen LogP contribution in [-0.2, 0) is 12.6 Å². The largest absolute Gasteiger partial charge is 0.487 e. The Morgan fingerprint density at radius 3 is 2.64 bits per heavy atom. The van der Waals surface area contributed by atoms with Crippen LogP contribution in [0.3, 0.4) is 0 Å². The molecule has 3 aromatic rings. The number of nitrogens with zero attached hydrogens (tertiary/aromatic N) is 3. The number of benzene rings is 1. The number of halogens is 4. The van der Waals surface area contributed by atoms with E-state index in [-0.39, 0.29) is 17.8 Å². The SMILES string of the molecule is O=C1NCCc2c1ccnc2-c1cc(N2CC(Oc3cc(F)cc(C(F)(F)F)c3)C2)ccn1. The summed E-state index contributed by atoms with van der Waals surface area (Å²) < 4.78 is 57.9. The molecule has 4 heterocycles. The fraction of sp³-hybridized carbons (Fsp3) is 0.261. The number of hydrogen-bond donors (Lipinski definition) is 1. The summed E-state index contributed by atoms with van der Waals surface area (Å²) in [4.78, 5) is 22.9. The normalized spacial score (nSPS) is 16.1. The Morgan fingerprint density at radius 2 is 1.85 bits per heavy atom. The summed E-state index contributed by atoms with van der Waals surface area (Å²) in [5.41, 5.74) is 2.47. The lowest BCUT2D eigenvalue weighted by Gasteiger charge is -2.40. The number of fused-ring (bicyclic) bond motifs is 1. The van der Waals surface area contributed by atoms with Crippen molar-refractivity contribution in [1.82, 2.24) is 15.3 Å². The third-order valence-corrected chi connectivity index (χ3v) is 5.66. The monoisotopic (exact) mass is 458 g/mol. The number of rotatable bonds is 4. The predicted molar refractivity (Wildman–Crippen MR) is 112 cm³/mol. The smallest absolute Gasteiger partial charge is 0.416 e. The van der Waals surface area contributed by atoms with E-state index < -0.39 is 17.6 Å². The number of alkyl halides is 3. The van der Waals surface area contributed by atoms with Crippen molar-refractivity contribution < 1.29 is 27.1 Å². The highest BCUT2D eigenvalue weighted by atomic mass is 19.4. The van der Waals surface area contributed by atoms with E-state index in [4.69, 9.17) is 4.74 Å². The lowest BCUT2D eigenvalue weighted by atomic mass is 9.97. The van der Waals surface area contributed by atoms with Crippen molar-refractivity contribution in [2.24, 2.45) is 0 Å². The number of anilines is 1. The first-order chi connectivity index (χ1) is 15.8. The maximum atomic E-state index is 13.6. The molecule has 5 rings (SSSR count). The molecule has 0 radical (unpaired) electrons. The van der Waals surface area contributed by atoms with Crippen molar-refractivity contribution >= 4 is 11.6 Å². The number of nitrogens with one attached hydrogen (secondary N) is 1. The van der Waals surface area contributed by atoms with Crippen molar-refractivity contribution in [1.29, 1.82) is 0 Å². The second kappa shape index (κ2) is 8.02. The first-order valence-electron chi connectivity index (χ1n) is 10.3. The van der Waals surface area contributed by atoms with Crippen LogP contribution < -0.4 is 15.0 Å². The third-order valence-electron chi connectivity index (χ3n) is 5.66.